The molecule has 36 heavy (non-hydrogen) atoms. The van der Waals surface area contributed by atoms with Gasteiger partial charge in [0.15, 0.2) is 12.4 Å². The summed E-state index contributed by atoms with van der Waals surface area (Å²) in [5.41, 5.74) is 5.36. The molecule has 0 bridgehead atoms. The van der Waals surface area contributed by atoms with E-state index in [1.165, 1.54) is 17.0 Å². The zero-order valence-corrected chi connectivity index (χ0v) is 19.2. The number of pyridine rings is 1. The number of nitrogens with zero attached hydrogens (tertiary/aromatic N) is 3. The fourth-order valence-corrected chi connectivity index (χ4v) is 4.55. The molecule has 0 aliphatic heterocycles. The molecule has 182 valence electrons. The van der Waals surface area contributed by atoms with Crippen LogP contribution < -0.4 is 15.8 Å². The Kier molecular flexibility index (Phi) is 6.17. The standard InChI is InChI=1S/C24H17F2N5O4S/c25-21(26)16-11-14(17-7-4-10-34-17)18-19(20(22(27)32)36-24(18)28-16)29-23(33)15-8-9-31(30-15)12-35-13-5-2-1-3-6-13/h1-11,21H,12H2,(H2,27,32)(H,29,33). The molecule has 0 aliphatic rings. The summed E-state index contributed by atoms with van der Waals surface area (Å²) in [6.07, 6.45) is 0.0823. The number of ether oxygens (including phenoxy) is 1. The van der Waals surface area contributed by atoms with Gasteiger partial charge in [0, 0.05) is 17.1 Å². The second kappa shape index (κ2) is 9.58. The normalized spacial score (nSPS) is 11.2. The van der Waals surface area contributed by atoms with Crippen molar-refractivity contribution in [2.75, 3.05) is 5.32 Å². The summed E-state index contributed by atoms with van der Waals surface area (Å²) in [7, 11) is 0. The maximum Gasteiger partial charge on any atom is 0.280 e. The van der Waals surface area contributed by atoms with Gasteiger partial charge in [-0.15, -0.1) is 11.3 Å². The monoisotopic (exact) mass is 509 g/mol. The lowest BCUT2D eigenvalue weighted by Gasteiger charge is -2.09. The molecule has 0 aliphatic carbocycles. The van der Waals surface area contributed by atoms with E-state index < -0.39 is 23.9 Å². The van der Waals surface area contributed by atoms with Gasteiger partial charge in [-0.2, -0.15) is 5.10 Å². The number of para-hydroxylation sites is 1. The number of halogens is 2. The molecule has 12 heteroatoms. The number of primary amides is 1. The summed E-state index contributed by atoms with van der Waals surface area (Å²) in [4.78, 5) is 29.3. The minimum absolute atomic E-state index is 0.0399. The molecule has 0 fully saturated rings. The molecular weight excluding hydrogens is 492 g/mol. The number of hydrogen-bond acceptors (Lipinski definition) is 7. The van der Waals surface area contributed by atoms with Crippen LogP contribution in [0.4, 0.5) is 14.5 Å². The Morgan fingerprint density at radius 3 is 2.67 bits per heavy atom. The van der Waals surface area contributed by atoms with Crippen molar-refractivity contribution in [2.24, 2.45) is 5.73 Å². The van der Waals surface area contributed by atoms with Crippen LogP contribution >= 0.6 is 11.3 Å². The van der Waals surface area contributed by atoms with Gasteiger partial charge in [-0.3, -0.25) is 9.59 Å². The van der Waals surface area contributed by atoms with E-state index in [-0.39, 0.29) is 44.5 Å². The third kappa shape index (κ3) is 4.53. The molecule has 4 aromatic heterocycles. The number of anilines is 1. The van der Waals surface area contributed by atoms with Crippen LogP contribution in [0, 0.1) is 0 Å². The van der Waals surface area contributed by atoms with Crippen molar-refractivity contribution in [3.63, 3.8) is 0 Å². The minimum atomic E-state index is -2.86. The highest BCUT2D eigenvalue weighted by molar-refractivity contribution is 7.21. The first-order chi connectivity index (χ1) is 17.4. The SMILES string of the molecule is NC(=O)c1sc2nc(C(F)F)cc(-c3ccco3)c2c1NC(=O)c1ccn(COc2ccccc2)n1. The van der Waals surface area contributed by atoms with Gasteiger partial charge in [-0.1, -0.05) is 18.2 Å². The summed E-state index contributed by atoms with van der Waals surface area (Å²) in [6, 6.07) is 14.9. The van der Waals surface area contributed by atoms with Crippen molar-refractivity contribution in [1.29, 1.82) is 0 Å². The van der Waals surface area contributed by atoms with Crippen molar-refractivity contribution < 1.29 is 27.5 Å². The van der Waals surface area contributed by atoms with E-state index in [9.17, 15) is 18.4 Å². The van der Waals surface area contributed by atoms with Gasteiger partial charge in [-0.25, -0.2) is 18.4 Å². The number of thiophene rings is 1. The number of nitrogens with two attached hydrogens (primary N) is 1. The number of hydrogen-bond donors (Lipinski definition) is 2. The fraction of sp³-hybridized carbons (Fsp3) is 0.0833. The number of furan rings is 1. The van der Waals surface area contributed by atoms with Crippen LogP contribution in [-0.2, 0) is 6.73 Å². The Balaban J connectivity index is 1.49. The largest absolute Gasteiger partial charge is 0.471 e. The zero-order chi connectivity index (χ0) is 25.2. The van der Waals surface area contributed by atoms with Crippen LogP contribution in [0.25, 0.3) is 21.5 Å². The molecular formula is C24H17F2N5O4S. The average Bonchev–Trinajstić information content (AvgIpc) is 3.63. The van der Waals surface area contributed by atoms with Gasteiger partial charge in [-0.05, 0) is 36.4 Å². The van der Waals surface area contributed by atoms with Gasteiger partial charge in [0.1, 0.15) is 26.9 Å². The predicted molar refractivity (Wildman–Crippen MR) is 128 cm³/mol. The Labute approximate surface area is 206 Å². The highest BCUT2D eigenvalue weighted by Gasteiger charge is 2.26. The van der Waals surface area contributed by atoms with Gasteiger partial charge in [0.25, 0.3) is 18.2 Å². The first-order valence-corrected chi connectivity index (χ1v) is 11.3. The predicted octanol–water partition coefficient (Wildman–Crippen LogP) is 5.08. The van der Waals surface area contributed by atoms with Crippen molar-refractivity contribution in [3.05, 3.63) is 83.3 Å². The molecule has 5 aromatic rings. The van der Waals surface area contributed by atoms with Crippen LogP contribution in [0.3, 0.4) is 0 Å². The number of nitrogens with one attached hydrogen (secondary N) is 1. The molecule has 2 amide bonds. The molecule has 0 unspecified atom stereocenters. The molecule has 0 spiro atoms. The van der Waals surface area contributed by atoms with Gasteiger partial charge < -0.3 is 20.2 Å². The lowest BCUT2D eigenvalue weighted by atomic mass is 10.1. The fourth-order valence-electron chi connectivity index (χ4n) is 3.54. The van der Waals surface area contributed by atoms with Crippen LogP contribution in [0.1, 0.15) is 32.3 Å². The number of fused-ring (bicyclic) bond motifs is 1. The van der Waals surface area contributed by atoms with Gasteiger partial charge >= 0.3 is 0 Å². The van der Waals surface area contributed by atoms with E-state index >= 15 is 0 Å². The van der Waals surface area contributed by atoms with Crippen LogP contribution in [0.2, 0.25) is 0 Å². The first-order valence-electron chi connectivity index (χ1n) is 10.5. The molecule has 9 nitrogen and oxygen atoms in total. The van der Waals surface area contributed by atoms with Crippen molar-refractivity contribution in [2.45, 2.75) is 13.2 Å². The smallest absolute Gasteiger partial charge is 0.280 e. The molecule has 0 saturated carbocycles. The summed E-state index contributed by atoms with van der Waals surface area (Å²) >= 11 is 0.802. The van der Waals surface area contributed by atoms with Crippen LogP contribution in [0.15, 0.2) is 71.5 Å². The van der Waals surface area contributed by atoms with E-state index in [0.29, 0.717) is 5.75 Å². The Hall–Kier alpha value is -4.58. The lowest BCUT2D eigenvalue weighted by molar-refractivity contribution is 0.100. The third-order valence-corrected chi connectivity index (χ3v) is 6.23. The van der Waals surface area contributed by atoms with E-state index in [4.69, 9.17) is 14.9 Å². The van der Waals surface area contributed by atoms with Crippen LogP contribution in [-0.4, -0.2) is 26.6 Å². The number of amides is 2. The molecule has 0 radical (unpaired) electrons. The molecule has 1 aromatic carbocycles. The summed E-state index contributed by atoms with van der Waals surface area (Å²) in [6.45, 7) is 0.0637. The summed E-state index contributed by atoms with van der Waals surface area (Å²) in [5.74, 6) is -0.593. The van der Waals surface area contributed by atoms with Crippen LogP contribution in [0.5, 0.6) is 5.75 Å². The number of carbonyl (C=O) groups excluding carboxylic acids is 2. The van der Waals surface area contributed by atoms with E-state index in [0.717, 1.165) is 17.4 Å². The summed E-state index contributed by atoms with van der Waals surface area (Å²) in [5, 5.41) is 7.12. The third-order valence-electron chi connectivity index (χ3n) is 5.13. The maximum absolute atomic E-state index is 13.5. The van der Waals surface area contributed by atoms with Gasteiger partial charge in [0.2, 0.25) is 0 Å². The number of rotatable bonds is 8. The van der Waals surface area contributed by atoms with E-state index in [2.05, 4.69) is 15.4 Å². The number of alkyl halides is 2. The molecule has 0 atom stereocenters. The second-order valence-corrected chi connectivity index (χ2v) is 8.50. The van der Waals surface area contributed by atoms with Crippen molar-refractivity contribution >= 4 is 39.1 Å². The highest BCUT2D eigenvalue weighted by Crippen LogP contribution is 2.42. The molecule has 5 rings (SSSR count). The zero-order valence-electron chi connectivity index (χ0n) is 18.4. The van der Waals surface area contributed by atoms with E-state index in [1.54, 1.807) is 30.5 Å². The second-order valence-electron chi connectivity index (χ2n) is 7.50. The number of aromatic nitrogens is 3. The summed E-state index contributed by atoms with van der Waals surface area (Å²) < 4.78 is 39.5. The van der Waals surface area contributed by atoms with E-state index in [1.807, 2.05) is 18.2 Å². The number of carbonyl (C=O) groups is 2. The Bertz CT molecular complexity index is 1550. The maximum atomic E-state index is 13.5. The van der Waals surface area contributed by atoms with Crippen molar-refractivity contribution in [1.82, 2.24) is 14.8 Å². The first kappa shape index (κ1) is 23.2. The van der Waals surface area contributed by atoms with Crippen molar-refractivity contribution in [3.8, 4) is 17.1 Å². The average molecular weight is 509 g/mol. The topological polar surface area (TPSA) is 125 Å². The molecule has 4 heterocycles. The Morgan fingerprint density at radius 2 is 1.97 bits per heavy atom. The minimum Gasteiger partial charge on any atom is -0.471 e. The quantitative estimate of drug-likeness (QED) is 0.301. The lowest BCUT2D eigenvalue weighted by Crippen LogP contribution is -2.17. The Morgan fingerprint density at radius 1 is 1.17 bits per heavy atom. The number of benzene rings is 1. The highest BCUT2D eigenvalue weighted by atomic mass is 32.1. The van der Waals surface area contributed by atoms with Gasteiger partial charge in [0.05, 0.1) is 12.0 Å². The molecule has 3 N–H and O–H groups in total. The molecule has 0 saturated heterocycles.